The van der Waals surface area contributed by atoms with Crippen molar-refractivity contribution in [1.82, 2.24) is 20.5 Å². The van der Waals surface area contributed by atoms with E-state index in [1.165, 1.54) is 18.5 Å². The van der Waals surface area contributed by atoms with Crippen LogP contribution in [-0.4, -0.2) is 27.1 Å². The Labute approximate surface area is 131 Å². The Kier molecular flexibility index (Phi) is 4.19. The minimum atomic E-state index is -0.622. The molecule has 2 aromatic rings. The van der Waals surface area contributed by atoms with Crippen LogP contribution in [-0.2, 0) is 0 Å². The van der Waals surface area contributed by atoms with Gasteiger partial charge in [0.1, 0.15) is 11.4 Å². The van der Waals surface area contributed by atoms with Crippen molar-refractivity contribution < 1.29 is 9.18 Å². The first-order valence-corrected chi connectivity index (χ1v) is 7.27. The Morgan fingerprint density at radius 1 is 1.57 bits per heavy atom. The lowest BCUT2D eigenvalue weighted by molar-refractivity contribution is 0.0934. The van der Waals surface area contributed by atoms with E-state index in [1.54, 1.807) is 6.07 Å². The maximum Gasteiger partial charge on any atom is 0.256 e. The number of aromatic amines is 1. The lowest BCUT2D eigenvalue weighted by Crippen LogP contribution is -2.36. The first kappa shape index (κ1) is 15.0. The number of halogens is 1. The number of aromatic nitrogens is 3. The van der Waals surface area contributed by atoms with E-state index in [0.717, 1.165) is 12.8 Å². The average Bonchev–Trinajstić information content (AvgIpc) is 3.27. The van der Waals surface area contributed by atoms with Gasteiger partial charge in [0.05, 0.1) is 18.7 Å². The zero-order valence-electron chi connectivity index (χ0n) is 12.2. The molecular weight excluding hydrogens is 299 g/mol. The van der Waals surface area contributed by atoms with Gasteiger partial charge >= 0.3 is 0 Å². The van der Waals surface area contributed by atoms with Crippen LogP contribution in [0.5, 0.6) is 0 Å². The first-order valence-electron chi connectivity index (χ1n) is 7.27. The smallest absolute Gasteiger partial charge is 0.256 e. The molecule has 3 rings (SSSR count). The Morgan fingerprint density at radius 2 is 2.39 bits per heavy atom. The highest BCUT2D eigenvalue weighted by molar-refractivity contribution is 5.99. The molecule has 8 heteroatoms. The van der Waals surface area contributed by atoms with Gasteiger partial charge < -0.3 is 10.6 Å². The van der Waals surface area contributed by atoms with Gasteiger partial charge in [-0.25, -0.2) is 4.98 Å². The van der Waals surface area contributed by atoms with Crippen molar-refractivity contribution in [3.63, 3.8) is 0 Å². The predicted molar refractivity (Wildman–Crippen MR) is 80.3 cm³/mol. The molecule has 1 fully saturated rings. The molecular formula is C15H15FN6O. The summed E-state index contributed by atoms with van der Waals surface area (Å²) in [6, 6.07) is 4.74. The number of nitrogens with zero attached hydrogens (tertiary/aromatic N) is 3. The highest BCUT2D eigenvalue weighted by Gasteiger charge is 2.32. The van der Waals surface area contributed by atoms with Crippen LogP contribution in [0.1, 0.15) is 29.6 Å². The third-order valence-electron chi connectivity index (χ3n) is 3.70. The van der Waals surface area contributed by atoms with Gasteiger partial charge in [-0.1, -0.05) is 0 Å². The number of hydrogen-bond acceptors (Lipinski definition) is 5. The third kappa shape index (κ3) is 3.63. The fourth-order valence-electron chi connectivity index (χ4n) is 2.36. The van der Waals surface area contributed by atoms with Crippen molar-refractivity contribution in [2.75, 3.05) is 5.32 Å². The van der Waals surface area contributed by atoms with E-state index in [4.69, 9.17) is 5.26 Å². The lowest BCUT2D eigenvalue weighted by atomic mass is 10.1. The molecule has 1 saturated carbocycles. The van der Waals surface area contributed by atoms with Crippen molar-refractivity contribution >= 4 is 17.4 Å². The van der Waals surface area contributed by atoms with Crippen LogP contribution in [0.15, 0.2) is 24.5 Å². The molecule has 0 bridgehead atoms. The summed E-state index contributed by atoms with van der Waals surface area (Å²) in [4.78, 5) is 15.9. The van der Waals surface area contributed by atoms with E-state index in [0.29, 0.717) is 23.0 Å². The zero-order valence-corrected chi connectivity index (χ0v) is 12.2. The Hall–Kier alpha value is -2.95. The Bertz CT molecular complexity index is 748. The number of nitrogens with one attached hydrogen (secondary N) is 3. The highest BCUT2D eigenvalue weighted by atomic mass is 19.1. The first-order chi connectivity index (χ1) is 11.2. The van der Waals surface area contributed by atoms with E-state index in [-0.39, 0.29) is 18.4 Å². The number of rotatable bonds is 6. The molecule has 23 heavy (non-hydrogen) atoms. The highest BCUT2D eigenvalue weighted by Crippen LogP contribution is 2.34. The van der Waals surface area contributed by atoms with Crippen LogP contribution >= 0.6 is 0 Å². The summed E-state index contributed by atoms with van der Waals surface area (Å²) in [6.45, 7) is 0. The van der Waals surface area contributed by atoms with Gasteiger partial charge in [0.2, 0.25) is 5.95 Å². The summed E-state index contributed by atoms with van der Waals surface area (Å²) in [5.41, 5.74) is 0.761. The monoisotopic (exact) mass is 314 g/mol. The number of anilines is 2. The number of H-pyrrole nitrogens is 1. The number of pyridine rings is 1. The van der Waals surface area contributed by atoms with Gasteiger partial charge in [-0.3, -0.25) is 9.89 Å². The predicted octanol–water partition coefficient (Wildman–Crippen LogP) is 2.11. The van der Waals surface area contributed by atoms with Crippen molar-refractivity contribution in [1.29, 1.82) is 5.26 Å². The fourth-order valence-corrected chi connectivity index (χ4v) is 2.36. The van der Waals surface area contributed by atoms with Crippen LogP contribution in [0.25, 0.3) is 0 Å². The molecule has 0 spiro atoms. The summed E-state index contributed by atoms with van der Waals surface area (Å²) < 4.78 is 13.1. The number of carbonyl (C=O) groups excluding carboxylic acids is 1. The van der Waals surface area contributed by atoms with Gasteiger partial charge in [-0.05, 0) is 24.8 Å². The Morgan fingerprint density at radius 3 is 3.09 bits per heavy atom. The zero-order chi connectivity index (χ0) is 16.2. The molecule has 3 N–H and O–H groups in total. The molecule has 0 saturated heterocycles. The number of carbonyl (C=O) groups is 1. The molecule has 1 aliphatic rings. The molecule has 2 heterocycles. The summed E-state index contributed by atoms with van der Waals surface area (Å²) in [6.07, 6.45) is 5.06. The maximum atomic E-state index is 13.1. The molecule has 0 aromatic carbocycles. The summed E-state index contributed by atoms with van der Waals surface area (Å²) in [5.74, 6) is -0.206. The molecule has 1 atom stereocenters. The standard InChI is InChI=1S/C15H15FN6O/c16-13-7-10(4-6-18-13)20-14-11(8-19-22-14)15(23)21-12(3-5-17)9-1-2-9/h4,6-9,12H,1-3H2,(H,21,23)(H2,18,19,20,22)/t12-/m1/s1. The second kappa shape index (κ2) is 6.44. The molecule has 118 valence electrons. The number of nitriles is 1. The van der Waals surface area contributed by atoms with Crippen LogP contribution in [0.3, 0.4) is 0 Å². The molecule has 0 radical (unpaired) electrons. The van der Waals surface area contributed by atoms with Crippen LogP contribution in [0.4, 0.5) is 15.9 Å². The van der Waals surface area contributed by atoms with Gasteiger partial charge in [0.25, 0.3) is 5.91 Å². The van der Waals surface area contributed by atoms with E-state index in [2.05, 4.69) is 31.9 Å². The van der Waals surface area contributed by atoms with Crippen LogP contribution in [0.2, 0.25) is 0 Å². The second-order valence-electron chi connectivity index (χ2n) is 5.43. The molecule has 1 aliphatic carbocycles. The molecule has 2 aromatic heterocycles. The van der Waals surface area contributed by atoms with Crippen molar-refractivity contribution in [3.05, 3.63) is 36.0 Å². The van der Waals surface area contributed by atoms with Crippen molar-refractivity contribution in [2.45, 2.75) is 25.3 Å². The second-order valence-corrected chi connectivity index (χ2v) is 5.43. The van der Waals surface area contributed by atoms with E-state index in [9.17, 15) is 9.18 Å². The normalized spacial score (nSPS) is 14.8. The minimum absolute atomic E-state index is 0.145. The van der Waals surface area contributed by atoms with Crippen molar-refractivity contribution in [2.24, 2.45) is 5.92 Å². The molecule has 1 amide bonds. The topological polar surface area (TPSA) is 106 Å². The lowest BCUT2D eigenvalue weighted by Gasteiger charge is -2.15. The summed E-state index contributed by atoms with van der Waals surface area (Å²) in [5, 5.41) is 21.2. The fraction of sp³-hybridized carbons (Fsp3) is 0.333. The SMILES string of the molecule is N#CC[C@@H](NC(=O)c1cn[nH]c1Nc1ccnc(F)c1)C1CC1. The van der Waals surface area contributed by atoms with Gasteiger partial charge in [-0.2, -0.15) is 14.8 Å². The van der Waals surface area contributed by atoms with E-state index in [1.807, 2.05) is 0 Å². The quantitative estimate of drug-likeness (QED) is 0.708. The summed E-state index contributed by atoms with van der Waals surface area (Å²) in [7, 11) is 0. The van der Waals surface area contributed by atoms with Crippen LogP contribution in [0, 0.1) is 23.2 Å². The Balaban J connectivity index is 1.72. The van der Waals surface area contributed by atoms with Gasteiger partial charge in [-0.15, -0.1) is 0 Å². The molecule has 7 nitrogen and oxygen atoms in total. The van der Waals surface area contributed by atoms with E-state index < -0.39 is 5.95 Å². The third-order valence-corrected chi connectivity index (χ3v) is 3.70. The summed E-state index contributed by atoms with van der Waals surface area (Å²) >= 11 is 0. The largest absolute Gasteiger partial charge is 0.348 e. The molecule has 0 aliphatic heterocycles. The number of amides is 1. The van der Waals surface area contributed by atoms with E-state index >= 15 is 0 Å². The van der Waals surface area contributed by atoms with Gasteiger partial charge in [0, 0.05) is 24.0 Å². The van der Waals surface area contributed by atoms with Crippen LogP contribution < -0.4 is 10.6 Å². The van der Waals surface area contributed by atoms with Crippen molar-refractivity contribution in [3.8, 4) is 6.07 Å². The molecule has 0 unspecified atom stereocenters. The minimum Gasteiger partial charge on any atom is -0.348 e. The van der Waals surface area contributed by atoms with Gasteiger partial charge in [0.15, 0.2) is 0 Å². The number of hydrogen-bond donors (Lipinski definition) is 3. The maximum absolute atomic E-state index is 13.1. The average molecular weight is 314 g/mol.